The van der Waals surface area contributed by atoms with Crippen molar-refractivity contribution in [3.63, 3.8) is 0 Å². The Balaban J connectivity index is 1.87. The van der Waals surface area contributed by atoms with Crippen LogP contribution in [0.15, 0.2) is 22.8 Å². The SMILES string of the molecule is CCN1CCN(C(=O)Cc2ccc(Br)cn2)CC1. The van der Waals surface area contributed by atoms with Gasteiger partial charge >= 0.3 is 0 Å². The Labute approximate surface area is 116 Å². The summed E-state index contributed by atoms with van der Waals surface area (Å²) in [4.78, 5) is 20.6. The maximum atomic E-state index is 12.1. The van der Waals surface area contributed by atoms with Crippen LogP contribution < -0.4 is 0 Å². The maximum absolute atomic E-state index is 12.1. The van der Waals surface area contributed by atoms with E-state index in [-0.39, 0.29) is 5.91 Å². The van der Waals surface area contributed by atoms with E-state index in [1.165, 1.54) is 0 Å². The first-order valence-electron chi connectivity index (χ1n) is 6.29. The molecule has 1 aliphatic heterocycles. The number of nitrogens with zero attached hydrogens (tertiary/aromatic N) is 3. The first kappa shape index (κ1) is 13.5. The molecule has 1 aromatic rings. The fraction of sp³-hybridized carbons (Fsp3) is 0.538. The molecule has 0 saturated carbocycles. The van der Waals surface area contributed by atoms with E-state index in [4.69, 9.17) is 0 Å². The van der Waals surface area contributed by atoms with E-state index in [9.17, 15) is 4.79 Å². The van der Waals surface area contributed by atoms with Gasteiger partial charge in [-0.25, -0.2) is 0 Å². The summed E-state index contributed by atoms with van der Waals surface area (Å²) in [5.41, 5.74) is 0.834. The molecule has 5 heteroatoms. The number of pyridine rings is 1. The molecular weight excluding hydrogens is 294 g/mol. The number of hydrogen-bond donors (Lipinski definition) is 0. The van der Waals surface area contributed by atoms with E-state index in [0.29, 0.717) is 6.42 Å². The van der Waals surface area contributed by atoms with Crippen molar-refractivity contribution in [3.05, 3.63) is 28.5 Å². The second kappa shape index (κ2) is 6.29. The van der Waals surface area contributed by atoms with Crippen LogP contribution in [0.2, 0.25) is 0 Å². The monoisotopic (exact) mass is 311 g/mol. The van der Waals surface area contributed by atoms with Crippen LogP contribution in [-0.4, -0.2) is 53.4 Å². The van der Waals surface area contributed by atoms with Crippen LogP contribution >= 0.6 is 15.9 Å². The summed E-state index contributed by atoms with van der Waals surface area (Å²) >= 11 is 3.34. The quantitative estimate of drug-likeness (QED) is 0.850. The largest absolute Gasteiger partial charge is 0.340 e. The molecule has 1 saturated heterocycles. The van der Waals surface area contributed by atoms with Crippen molar-refractivity contribution in [2.45, 2.75) is 13.3 Å². The smallest absolute Gasteiger partial charge is 0.228 e. The van der Waals surface area contributed by atoms with Gasteiger partial charge in [-0.15, -0.1) is 0 Å². The highest BCUT2D eigenvalue weighted by molar-refractivity contribution is 9.10. The summed E-state index contributed by atoms with van der Waals surface area (Å²) in [5.74, 6) is 0.181. The molecule has 1 aliphatic rings. The Morgan fingerprint density at radius 3 is 2.61 bits per heavy atom. The van der Waals surface area contributed by atoms with E-state index >= 15 is 0 Å². The number of aromatic nitrogens is 1. The van der Waals surface area contributed by atoms with Gasteiger partial charge in [0, 0.05) is 42.5 Å². The summed E-state index contributed by atoms with van der Waals surface area (Å²) in [5, 5.41) is 0. The lowest BCUT2D eigenvalue weighted by atomic mass is 10.2. The zero-order valence-electron chi connectivity index (χ0n) is 10.6. The second-order valence-corrected chi connectivity index (χ2v) is 5.38. The second-order valence-electron chi connectivity index (χ2n) is 4.46. The molecule has 4 nitrogen and oxygen atoms in total. The van der Waals surface area contributed by atoms with E-state index in [0.717, 1.165) is 42.9 Å². The molecule has 2 rings (SSSR count). The molecule has 2 heterocycles. The van der Waals surface area contributed by atoms with Gasteiger partial charge in [-0.05, 0) is 34.6 Å². The molecule has 0 atom stereocenters. The molecule has 1 amide bonds. The van der Waals surface area contributed by atoms with E-state index in [2.05, 4.69) is 32.7 Å². The minimum Gasteiger partial charge on any atom is -0.340 e. The standard InChI is InChI=1S/C13H18BrN3O/c1-2-16-5-7-17(8-6-16)13(18)9-12-4-3-11(14)10-15-12/h3-4,10H,2,5-9H2,1H3. The maximum Gasteiger partial charge on any atom is 0.228 e. The third kappa shape index (κ3) is 3.53. The molecular formula is C13H18BrN3O. The topological polar surface area (TPSA) is 36.4 Å². The van der Waals surface area contributed by atoms with Gasteiger partial charge in [0.25, 0.3) is 0 Å². The first-order chi connectivity index (χ1) is 8.69. The Bertz CT molecular complexity index is 399. The Morgan fingerprint density at radius 1 is 1.33 bits per heavy atom. The Hall–Kier alpha value is -0.940. The highest BCUT2D eigenvalue weighted by atomic mass is 79.9. The highest BCUT2D eigenvalue weighted by Crippen LogP contribution is 2.09. The zero-order chi connectivity index (χ0) is 13.0. The molecule has 0 aliphatic carbocycles. The third-order valence-electron chi connectivity index (χ3n) is 3.29. The molecule has 0 N–H and O–H groups in total. The fourth-order valence-electron chi connectivity index (χ4n) is 2.09. The van der Waals surface area contributed by atoms with Gasteiger partial charge in [-0.2, -0.15) is 0 Å². The number of likely N-dealkylation sites (N-methyl/N-ethyl adjacent to an activating group) is 1. The van der Waals surface area contributed by atoms with Crippen LogP contribution in [0.25, 0.3) is 0 Å². The molecule has 0 radical (unpaired) electrons. The molecule has 0 unspecified atom stereocenters. The lowest BCUT2D eigenvalue weighted by Gasteiger charge is -2.34. The Kier molecular flexibility index (Phi) is 4.72. The van der Waals surface area contributed by atoms with Gasteiger partial charge in [0.15, 0.2) is 0 Å². The van der Waals surface area contributed by atoms with E-state index < -0.39 is 0 Å². The summed E-state index contributed by atoms with van der Waals surface area (Å²) < 4.78 is 0.940. The van der Waals surface area contributed by atoms with E-state index in [1.807, 2.05) is 17.0 Å². The highest BCUT2D eigenvalue weighted by Gasteiger charge is 2.20. The van der Waals surface area contributed by atoms with Crippen molar-refractivity contribution >= 4 is 21.8 Å². The van der Waals surface area contributed by atoms with Crippen LogP contribution in [0.5, 0.6) is 0 Å². The minimum atomic E-state index is 0.181. The number of piperazine rings is 1. The lowest BCUT2D eigenvalue weighted by molar-refractivity contribution is -0.132. The van der Waals surface area contributed by atoms with Gasteiger partial charge in [0.2, 0.25) is 5.91 Å². The summed E-state index contributed by atoms with van der Waals surface area (Å²) in [7, 11) is 0. The Morgan fingerprint density at radius 2 is 2.06 bits per heavy atom. The summed E-state index contributed by atoms with van der Waals surface area (Å²) in [6.45, 7) is 6.86. The number of carbonyl (C=O) groups is 1. The molecule has 1 aromatic heterocycles. The summed E-state index contributed by atoms with van der Waals surface area (Å²) in [6.07, 6.45) is 2.14. The molecule has 98 valence electrons. The summed E-state index contributed by atoms with van der Waals surface area (Å²) in [6, 6.07) is 3.81. The molecule has 1 fully saturated rings. The number of amides is 1. The third-order valence-corrected chi connectivity index (χ3v) is 3.76. The van der Waals surface area contributed by atoms with Crippen LogP contribution in [0.4, 0.5) is 0 Å². The number of hydrogen-bond acceptors (Lipinski definition) is 3. The van der Waals surface area contributed by atoms with Crippen molar-refractivity contribution in [2.75, 3.05) is 32.7 Å². The van der Waals surface area contributed by atoms with Crippen molar-refractivity contribution in [2.24, 2.45) is 0 Å². The lowest BCUT2D eigenvalue weighted by Crippen LogP contribution is -2.48. The number of halogens is 1. The van der Waals surface area contributed by atoms with E-state index in [1.54, 1.807) is 6.20 Å². The predicted molar refractivity (Wildman–Crippen MR) is 74.3 cm³/mol. The van der Waals surface area contributed by atoms with Crippen molar-refractivity contribution < 1.29 is 4.79 Å². The fourth-order valence-corrected chi connectivity index (χ4v) is 2.33. The van der Waals surface area contributed by atoms with Crippen LogP contribution in [-0.2, 0) is 11.2 Å². The average Bonchev–Trinajstić information content (AvgIpc) is 2.41. The van der Waals surface area contributed by atoms with Crippen LogP contribution in [0.1, 0.15) is 12.6 Å². The van der Waals surface area contributed by atoms with Crippen molar-refractivity contribution in [3.8, 4) is 0 Å². The van der Waals surface area contributed by atoms with Gasteiger partial charge in [0.1, 0.15) is 0 Å². The molecule has 0 aromatic carbocycles. The van der Waals surface area contributed by atoms with Crippen molar-refractivity contribution in [1.29, 1.82) is 0 Å². The molecule has 18 heavy (non-hydrogen) atoms. The van der Waals surface area contributed by atoms with Gasteiger partial charge in [-0.1, -0.05) is 6.92 Å². The molecule has 0 bridgehead atoms. The first-order valence-corrected chi connectivity index (χ1v) is 7.09. The predicted octanol–water partition coefficient (Wildman–Crippen LogP) is 1.55. The normalized spacial score (nSPS) is 16.9. The van der Waals surface area contributed by atoms with Crippen molar-refractivity contribution in [1.82, 2.24) is 14.8 Å². The zero-order valence-corrected chi connectivity index (χ0v) is 12.2. The number of carbonyl (C=O) groups excluding carboxylic acids is 1. The van der Waals surface area contributed by atoms with Crippen LogP contribution in [0.3, 0.4) is 0 Å². The number of rotatable bonds is 3. The van der Waals surface area contributed by atoms with Gasteiger partial charge < -0.3 is 9.80 Å². The minimum absolute atomic E-state index is 0.181. The van der Waals surface area contributed by atoms with Gasteiger partial charge in [0.05, 0.1) is 6.42 Å². The molecule has 0 spiro atoms. The van der Waals surface area contributed by atoms with Gasteiger partial charge in [-0.3, -0.25) is 9.78 Å². The van der Waals surface area contributed by atoms with Crippen LogP contribution in [0, 0.1) is 0 Å². The average molecular weight is 312 g/mol.